The second-order valence-corrected chi connectivity index (χ2v) is 5.73. The smallest absolute Gasteiger partial charge is 0.128 e. The van der Waals surface area contributed by atoms with Crippen molar-refractivity contribution in [1.29, 1.82) is 0 Å². The van der Waals surface area contributed by atoms with Gasteiger partial charge in [0.15, 0.2) is 0 Å². The van der Waals surface area contributed by atoms with Crippen LogP contribution in [0.1, 0.15) is 24.9 Å². The molecule has 1 fully saturated rings. The molecule has 1 saturated heterocycles. The van der Waals surface area contributed by atoms with E-state index >= 15 is 0 Å². The van der Waals surface area contributed by atoms with E-state index in [1.165, 1.54) is 6.07 Å². The summed E-state index contributed by atoms with van der Waals surface area (Å²) < 4.78 is 20.5. The summed E-state index contributed by atoms with van der Waals surface area (Å²) in [6.45, 7) is 4.80. The Kier molecular flexibility index (Phi) is 5.33. The molecule has 2 rings (SSSR count). The zero-order chi connectivity index (χ0) is 13.8. The molecule has 1 heterocycles. The van der Waals surface area contributed by atoms with Crippen LogP contribution in [0.5, 0.6) is 0 Å². The van der Waals surface area contributed by atoms with Crippen LogP contribution in [0.2, 0.25) is 0 Å². The number of hydrogen-bond acceptors (Lipinski definition) is 3. The Morgan fingerprint density at radius 2 is 2.37 bits per heavy atom. The van der Waals surface area contributed by atoms with Gasteiger partial charge >= 0.3 is 0 Å². The minimum absolute atomic E-state index is 0.0875. The molecule has 0 spiro atoms. The largest absolute Gasteiger partial charge is 0.376 e. The van der Waals surface area contributed by atoms with E-state index in [4.69, 9.17) is 10.5 Å². The average Bonchev–Trinajstić information content (AvgIpc) is 2.44. The molecule has 0 aliphatic carbocycles. The lowest BCUT2D eigenvalue weighted by Gasteiger charge is -2.38. The second kappa shape index (κ2) is 6.79. The SMILES string of the molecule is CCC1CN(C(CN)c2cc(Br)ccc2F)CCO1. The van der Waals surface area contributed by atoms with Crippen LogP contribution >= 0.6 is 15.9 Å². The van der Waals surface area contributed by atoms with Gasteiger partial charge in [-0.3, -0.25) is 4.90 Å². The molecule has 3 nitrogen and oxygen atoms in total. The molecule has 2 atom stereocenters. The summed E-state index contributed by atoms with van der Waals surface area (Å²) in [6.07, 6.45) is 1.19. The minimum atomic E-state index is -0.196. The van der Waals surface area contributed by atoms with Crippen LogP contribution < -0.4 is 5.73 Å². The van der Waals surface area contributed by atoms with Gasteiger partial charge in [0.05, 0.1) is 18.8 Å². The number of rotatable bonds is 4. The number of nitrogens with two attached hydrogens (primary N) is 1. The maximum atomic E-state index is 14.0. The average molecular weight is 331 g/mol. The molecule has 0 radical (unpaired) electrons. The van der Waals surface area contributed by atoms with E-state index in [0.717, 1.165) is 24.0 Å². The summed E-state index contributed by atoms with van der Waals surface area (Å²) in [5, 5.41) is 0. The van der Waals surface area contributed by atoms with Crippen molar-refractivity contribution in [2.45, 2.75) is 25.5 Å². The lowest BCUT2D eigenvalue weighted by atomic mass is 10.0. The van der Waals surface area contributed by atoms with E-state index in [1.54, 1.807) is 6.07 Å². The van der Waals surface area contributed by atoms with Crippen LogP contribution in [0, 0.1) is 5.82 Å². The fraction of sp³-hybridized carbons (Fsp3) is 0.571. The van der Waals surface area contributed by atoms with Crippen LogP contribution in [0.15, 0.2) is 22.7 Å². The van der Waals surface area contributed by atoms with Crippen LogP contribution in [0.25, 0.3) is 0 Å². The van der Waals surface area contributed by atoms with Gasteiger partial charge < -0.3 is 10.5 Å². The summed E-state index contributed by atoms with van der Waals surface area (Å²) in [5.74, 6) is -0.196. The van der Waals surface area contributed by atoms with Crippen molar-refractivity contribution >= 4 is 15.9 Å². The molecule has 1 aliphatic heterocycles. The van der Waals surface area contributed by atoms with Gasteiger partial charge in [0.2, 0.25) is 0 Å². The Morgan fingerprint density at radius 1 is 1.58 bits per heavy atom. The van der Waals surface area contributed by atoms with Gasteiger partial charge in [-0.1, -0.05) is 22.9 Å². The van der Waals surface area contributed by atoms with Gasteiger partial charge in [-0.15, -0.1) is 0 Å². The van der Waals surface area contributed by atoms with Crippen molar-refractivity contribution < 1.29 is 9.13 Å². The van der Waals surface area contributed by atoms with Crippen LogP contribution in [-0.4, -0.2) is 37.2 Å². The van der Waals surface area contributed by atoms with Crippen molar-refractivity contribution in [2.24, 2.45) is 5.73 Å². The number of hydrogen-bond donors (Lipinski definition) is 1. The number of ether oxygens (including phenoxy) is 1. The lowest BCUT2D eigenvalue weighted by Crippen LogP contribution is -2.46. The lowest BCUT2D eigenvalue weighted by molar-refractivity contribution is -0.0441. The van der Waals surface area contributed by atoms with Crippen LogP contribution in [0.3, 0.4) is 0 Å². The van der Waals surface area contributed by atoms with E-state index in [2.05, 4.69) is 27.8 Å². The molecule has 0 amide bonds. The Morgan fingerprint density at radius 3 is 3.05 bits per heavy atom. The first-order valence-electron chi connectivity index (χ1n) is 6.66. The highest BCUT2D eigenvalue weighted by molar-refractivity contribution is 9.10. The first-order chi connectivity index (χ1) is 9.15. The zero-order valence-corrected chi connectivity index (χ0v) is 12.7. The van der Waals surface area contributed by atoms with E-state index in [9.17, 15) is 4.39 Å². The monoisotopic (exact) mass is 330 g/mol. The minimum Gasteiger partial charge on any atom is -0.376 e. The molecule has 0 aromatic heterocycles. The van der Waals surface area contributed by atoms with Crippen molar-refractivity contribution in [2.75, 3.05) is 26.2 Å². The standard InChI is InChI=1S/C14H20BrFN2O/c1-2-11-9-18(5-6-19-11)14(8-17)12-7-10(15)3-4-13(12)16/h3-4,7,11,14H,2,5-6,8-9,17H2,1H3. The van der Waals surface area contributed by atoms with Crippen LogP contribution in [-0.2, 0) is 4.74 Å². The van der Waals surface area contributed by atoms with E-state index in [-0.39, 0.29) is 18.0 Å². The molecule has 19 heavy (non-hydrogen) atoms. The van der Waals surface area contributed by atoms with Gasteiger partial charge in [0, 0.05) is 29.7 Å². The highest BCUT2D eigenvalue weighted by Gasteiger charge is 2.27. The molecule has 1 aromatic rings. The van der Waals surface area contributed by atoms with Gasteiger partial charge in [-0.05, 0) is 24.6 Å². The van der Waals surface area contributed by atoms with Gasteiger partial charge in [-0.25, -0.2) is 4.39 Å². The van der Waals surface area contributed by atoms with Crippen molar-refractivity contribution in [3.63, 3.8) is 0 Å². The summed E-state index contributed by atoms with van der Waals surface area (Å²) in [7, 11) is 0. The first kappa shape index (κ1) is 14.9. The van der Waals surface area contributed by atoms with Crippen LogP contribution in [0.4, 0.5) is 4.39 Å². The number of benzene rings is 1. The molecule has 0 saturated carbocycles. The first-order valence-corrected chi connectivity index (χ1v) is 7.45. The number of halogens is 2. The van der Waals surface area contributed by atoms with Crippen molar-refractivity contribution in [3.05, 3.63) is 34.1 Å². The second-order valence-electron chi connectivity index (χ2n) is 4.81. The predicted molar refractivity (Wildman–Crippen MR) is 77.5 cm³/mol. The summed E-state index contributed by atoms with van der Waals surface area (Å²) in [5.41, 5.74) is 6.54. The molecular weight excluding hydrogens is 311 g/mol. The molecule has 1 aliphatic rings. The maximum absolute atomic E-state index is 14.0. The molecule has 2 N–H and O–H groups in total. The third-order valence-electron chi connectivity index (χ3n) is 3.61. The third kappa shape index (κ3) is 3.54. The molecule has 5 heteroatoms. The van der Waals surface area contributed by atoms with Gasteiger partial charge in [0.1, 0.15) is 5.82 Å². The molecule has 2 unspecified atom stereocenters. The Hall–Kier alpha value is -0.490. The van der Waals surface area contributed by atoms with Crippen molar-refractivity contribution in [1.82, 2.24) is 4.90 Å². The summed E-state index contributed by atoms with van der Waals surface area (Å²) in [4.78, 5) is 2.22. The third-order valence-corrected chi connectivity index (χ3v) is 4.10. The quantitative estimate of drug-likeness (QED) is 0.922. The normalized spacial score (nSPS) is 22.4. The number of nitrogens with zero attached hydrogens (tertiary/aromatic N) is 1. The predicted octanol–water partition coefficient (Wildman–Crippen LogP) is 2.70. The molecule has 106 valence electrons. The fourth-order valence-corrected chi connectivity index (χ4v) is 2.89. The van der Waals surface area contributed by atoms with Gasteiger partial charge in [-0.2, -0.15) is 0 Å². The van der Waals surface area contributed by atoms with E-state index in [1.807, 2.05) is 6.07 Å². The van der Waals surface area contributed by atoms with E-state index in [0.29, 0.717) is 18.7 Å². The highest BCUT2D eigenvalue weighted by atomic mass is 79.9. The Balaban J connectivity index is 2.21. The Labute approximate surface area is 122 Å². The van der Waals surface area contributed by atoms with Gasteiger partial charge in [0.25, 0.3) is 0 Å². The molecule has 0 bridgehead atoms. The topological polar surface area (TPSA) is 38.5 Å². The summed E-state index contributed by atoms with van der Waals surface area (Å²) in [6, 6.07) is 4.93. The summed E-state index contributed by atoms with van der Waals surface area (Å²) >= 11 is 3.39. The fourth-order valence-electron chi connectivity index (χ4n) is 2.51. The molecular formula is C14H20BrFN2O. The van der Waals surface area contributed by atoms with Crippen molar-refractivity contribution in [3.8, 4) is 0 Å². The zero-order valence-electron chi connectivity index (χ0n) is 11.1. The van der Waals surface area contributed by atoms with E-state index < -0.39 is 0 Å². The Bertz CT molecular complexity index is 430. The number of morpholine rings is 1. The maximum Gasteiger partial charge on any atom is 0.128 e. The highest BCUT2D eigenvalue weighted by Crippen LogP contribution is 2.27. The molecule has 1 aromatic carbocycles.